The van der Waals surface area contributed by atoms with Gasteiger partial charge in [-0.2, -0.15) is 11.8 Å². The maximum absolute atomic E-state index is 11.7. The second-order valence-corrected chi connectivity index (χ2v) is 4.77. The van der Waals surface area contributed by atoms with E-state index in [4.69, 9.17) is 4.74 Å². The minimum Gasteiger partial charge on any atom is -0.461 e. The van der Waals surface area contributed by atoms with Gasteiger partial charge in [0.25, 0.3) is 5.56 Å². The number of nitrogens with one attached hydrogen (secondary N) is 1. The van der Waals surface area contributed by atoms with Gasteiger partial charge in [-0.3, -0.25) is 9.89 Å². The summed E-state index contributed by atoms with van der Waals surface area (Å²) in [5, 5.41) is 2.82. The van der Waals surface area contributed by atoms with Gasteiger partial charge < -0.3 is 4.74 Å². The maximum atomic E-state index is 11.7. The number of esters is 1. The van der Waals surface area contributed by atoms with Crippen LogP contribution in [0.2, 0.25) is 0 Å². The Morgan fingerprint density at radius 3 is 3.19 bits per heavy atom. The third kappa shape index (κ3) is 2.16. The summed E-state index contributed by atoms with van der Waals surface area (Å²) in [5.74, 6) is 1.51. The molecule has 0 saturated carbocycles. The first-order chi connectivity index (χ1) is 7.72. The number of aromatic nitrogens is 2. The third-order valence-corrected chi connectivity index (χ3v) is 3.66. The molecular weight excluding hydrogens is 228 g/mol. The van der Waals surface area contributed by atoms with E-state index in [0.29, 0.717) is 6.61 Å². The van der Waals surface area contributed by atoms with Crippen molar-refractivity contribution in [2.24, 2.45) is 0 Å². The summed E-state index contributed by atoms with van der Waals surface area (Å²) in [6.45, 7) is 2.05. The maximum Gasteiger partial charge on any atom is 0.356 e. The average Bonchev–Trinajstić information content (AvgIpc) is 2.86. The predicted molar refractivity (Wildman–Crippen MR) is 62.0 cm³/mol. The Labute approximate surface area is 97.1 Å². The van der Waals surface area contributed by atoms with Crippen LogP contribution < -0.4 is 5.56 Å². The highest BCUT2D eigenvalue weighted by atomic mass is 32.2. The van der Waals surface area contributed by atoms with Gasteiger partial charge in [-0.1, -0.05) is 0 Å². The van der Waals surface area contributed by atoms with Gasteiger partial charge in [-0.25, -0.2) is 9.48 Å². The summed E-state index contributed by atoms with van der Waals surface area (Å²) in [6.07, 6.45) is 0.966. The van der Waals surface area contributed by atoms with Crippen LogP contribution in [-0.4, -0.2) is 33.9 Å². The van der Waals surface area contributed by atoms with Crippen LogP contribution in [-0.2, 0) is 4.74 Å². The zero-order valence-electron chi connectivity index (χ0n) is 9.06. The van der Waals surface area contributed by atoms with Gasteiger partial charge in [0.15, 0.2) is 0 Å². The fraction of sp³-hybridized carbons (Fsp3) is 0.600. The van der Waals surface area contributed by atoms with E-state index in [0.717, 1.165) is 17.9 Å². The Morgan fingerprint density at radius 1 is 1.75 bits per heavy atom. The molecule has 1 atom stereocenters. The highest BCUT2D eigenvalue weighted by Gasteiger charge is 2.21. The number of aromatic amines is 1. The number of nitrogens with zero attached hydrogens (tertiary/aromatic N) is 1. The van der Waals surface area contributed by atoms with E-state index in [1.807, 2.05) is 11.8 Å². The molecule has 1 aliphatic rings. The molecule has 0 amide bonds. The normalized spacial score (nSPS) is 19.9. The monoisotopic (exact) mass is 242 g/mol. The van der Waals surface area contributed by atoms with Gasteiger partial charge in [-0.05, 0) is 19.1 Å². The van der Waals surface area contributed by atoms with Crippen LogP contribution >= 0.6 is 11.8 Å². The molecule has 88 valence electrons. The van der Waals surface area contributed by atoms with Gasteiger partial charge in [0.2, 0.25) is 0 Å². The highest BCUT2D eigenvalue weighted by Crippen LogP contribution is 2.26. The Kier molecular flexibility index (Phi) is 3.38. The Balaban J connectivity index is 2.21. The van der Waals surface area contributed by atoms with Crippen LogP contribution in [0.25, 0.3) is 0 Å². The van der Waals surface area contributed by atoms with Gasteiger partial charge in [0.05, 0.1) is 12.6 Å². The lowest BCUT2D eigenvalue weighted by Gasteiger charge is -2.08. The molecule has 5 nitrogen and oxygen atoms in total. The summed E-state index contributed by atoms with van der Waals surface area (Å²) in [7, 11) is 0. The van der Waals surface area contributed by atoms with E-state index in [9.17, 15) is 9.59 Å². The lowest BCUT2D eigenvalue weighted by atomic mass is 10.3. The number of ether oxygens (including phenoxy) is 1. The number of hydrogen-bond donors (Lipinski definition) is 1. The Bertz CT molecular complexity index is 432. The van der Waals surface area contributed by atoms with Crippen molar-refractivity contribution < 1.29 is 9.53 Å². The van der Waals surface area contributed by atoms with Crippen molar-refractivity contribution in [1.29, 1.82) is 0 Å². The van der Waals surface area contributed by atoms with E-state index in [-0.39, 0.29) is 17.3 Å². The standard InChI is InChI=1S/C10H14N2O3S/c1-2-15-10(14)8-5-9(13)12(11-8)7-3-4-16-6-7/h5,7,11H,2-4,6H2,1H3. The van der Waals surface area contributed by atoms with Crippen molar-refractivity contribution >= 4 is 17.7 Å². The third-order valence-electron chi connectivity index (χ3n) is 2.51. The molecule has 0 aliphatic carbocycles. The average molecular weight is 242 g/mol. The van der Waals surface area contributed by atoms with E-state index in [2.05, 4.69) is 5.10 Å². The summed E-state index contributed by atoms with van der Waals surface area (Å²) in [5.41, 5.74) is 0.0827. The minimum atomic E-state index is -0.469. The summed E-state index contributed by atoms with van der Waals surface area (Å²) < 4.78 is 6.37. The molecule has 0 spiro atoms. The minimum absolute atomic E-state index is 0.157. The second kappa shape index (κ2) is 4.78. The van der Waals surface area contributed by atoms with Crippen molar-refractivity contribution in [2.75, 3.05) is 18.1 Å². The Morgan fingerprint density at radius 2 is 2.56 bits per heavy atom. The molecule has 2 heterocycles. The zero-order chi connectivity index (χ0) is 11.5. The predicted octanol–water partition coefficient (Wildman–Crippen LogP) is 1.03. The fourth-order valence-corrected chi connectivity index (χ4v) is 2.91. The van der Waals surface area contributed by atoms with Crippen LogP contribution in [0.5, 0.6) is 0 Å². The molecule has 1 aliphatic heterocycles. The van der Waals surface area contributed by atoms with Crippen LogP contribution in [0.4, 0.5) is 0 Å². The molecule has 6 heteroatoms. The molecule has 0 bridgehead atoms. The molecule has 0 radical (unpaired) electrons. The van der Waals surface area contributed by atoms with Crippen molar-refractivity contribution in [3.05, 3.63) is 22.1 Å². The summed E-state index contributed by atoms with van der Waals surface area (Å²) in [4.78, 5) is 23.1. The van der Waals surface area contributed by atoms with Crippen molar-refractivity contribution in [3.8, 4) is 0 Å². The largest absolute Gasteiger partial charge is 0.461 e. The highest BCUT2D eigenvalue weighted by molar-refractivity contribution is 7.99. The van der Waals surface area contributed by atoms with Gasteiger partial charge in [0.1, 0.15) is 5.69 Å². The van der Waals surface area contributed by atoms with Crippen LogP contribution in [0.3, 0.4) is 0 Å². The first-order valence-electron chi connectivity index (χ1n) is 5.28. The van der Waals surface area contributed by atoms with Crippen molar-refractivity contribution in [2.45, 2.75) is 19.4 Å². The number of rotatable bonds is 3. The Hall–Kier alpha value is -1.17. The van der Waals surface area contributed by atoms with Crippen molar-refractivity contribution in [3.63, 3.8) is 0 Å². The molecule has 0 aromatic carbocycles. The van der Waals surface area contributed by atoms with Crippen molar-refractivity contribution in [1.82, 2.24) is 9.78 Å². The van der Waals surface area contributed by atoms with Gasteiger partial charge in [-0.15, -0.1) is 0 Å². The molecule has 1 unspecified atom stereocenters. The van der Waals surface area contributed by atoms with E-state index >= 15 is 0 Å². The van der Waals surface area contributed by atoms with Gasteiger partial charge in [0, 0.05) is 11.8 Å². The molecule has 1 aromatic rings. The number of thioether (sulfide) groups is 1. The molecule has 1 aromatic heterocycles. The smallest absolute Gasteiger partial charge is 0.356 e. The molecule has 1 fully saturated rings. The molecule has 1 N–H and O–H groups in total. The topological polar surface area (TPSA) is 64.1 Å². The van der Waals surface area contributed by atoms with Crippen LogP contribution in [0.15, 0.2) is 10.9 Å². The number of carbonyl (C=O) groups excluding carboxylic acids is 1. The van der Waals surface area contributed by atoms with Crippen LogP contribution in [0.1, 0.15) is 29.9 Å². The quantitative estimate of drug-likeness (QED) is 0.804. The number of carbonyl (C=O) groups is 1. The molecule has 16 heavy (non-hydrogen) atoms. The van der Waals surface area contributed by atoms with E-state index in [1.54, 1.807) is 6.92 Å². The summed E-state index contributed by atoms with van der Waals surface area (Å²) in [6, 6.07) is 1.49. The molecular formula is C10H14N2O3S. The first-order valence-corrected chi connectivity index (χ1v) is 6.44. The number of H-pyrrole nitrogens is 1. The van der Waals surface area contributed by atoms with E-state index < -0.39 is 5.97 Å². The fourth-order valence-electron chi connectivity index (χ4n) is 1.72. The molecule has 1 saturated heterocycles. The van der Waals surface area contributed by atoms with Gasteiger partial charge >= 0.3 is 5.97 Å². The molecule has 2 rings (SSSR count). The second-order valence-electron chi connectivity index (χ2n) is 3.62. The lowest BCUT2D eigenvalue weighted by Crippen LogP contribution is -2.21. The SMILES string of the molecule is CCOC(=O)c1cc(=O)n(C2CCSC2)[nH]1. The number of hydrogen-bond acceptors (Lipinski definition) is 4. The van der Waals surface area contributed by atoms with Crippen LogP contribution in [0, 0.1) is 0 Å². The first kappa shape index (κ1) is 11.3. The lowest BCUT2D eigenvalue weighted by molar-refractivity contribution is 0.0518. The zero-order valence-corrected chi connectivity index (χ0v) is 9.88. The van der Waals surface area contributed by atoms with E-state index in [1.165, 1.54) is 10.7 Å². The summed E-state index contributed by atoms with van der Waals surface area (Å²) >= 11 is 1.82.